The lowest BCUT2D eigenvalue weighted by molar-refractivity contribution is 0.0723. The van der Waals surface area contributed by atoms with Gasteiger partial charge >= 0.3 is 0 Å². The summed E-state index contributed by atoms with van der Waals surface area (Å²) in [5.41, 5.74) is 2.17. The number of aryl methyl sites for hydroxylation is 1. The van der Waals surface area contributed by atoms with Gasteiger partial charge in [0.25, 0.3) is 11.5 Å². The Hall–Kier alpha value is -1.92. The molecule has 26 heavy (non-hydrogen) atoms. The van der Waals surface area contributed by atoms with Gasteiger partial charge in [0.15, 0.2) is 0 Å². The van der Waals surface area contributed by atoms with Crippen molar-refractivity contribution in [2.75, 3.05) is 46.9 Å². The zero-order valence-corrected chi connectivity index (χ0v) is 16.0. The Labute approximate surface area is 155 Å². The average molecular weight is 359 g/mol. The Bertz CT molecular complexity index is 745. The summed E-state index contributed by atoms with van der Waals surface area (Å²) in [5, 5.41) is 0. The van der Waals surface area contributed by atoms with Gasteiger partial charge in [-0.3, -0.25) is 9.59 Å². The van der Waals surface area contributed by atoms with Crippen molar-refractivity contribution in [3.8, 4) is 0 Å². The van der Waals surface area contributed by atoms with E-state index in [4.69, 9.17) is 4.74 Å². The van der Waals surface area contributed by atoms with Crippen LogP contribution in [0.3, 0.4) is 0 Å². The summed E-state index contributed by atoms with van der Waals surface area (Å²) in [6.07, 6.45) is 8.37. The number of piperidine rings is 1. The van der Waals surface area contributed by atoms with Crippen molar-refractivity contribution in [3.63, 3.8) is 0 Å². The van der Waals surface area contributed by atoms with Crippen LogP contribution >= 0.6 is 0 Å². The summed E-state index contributed by atoms with van der Waals surface area (Å²) in [6.45, 7) is 4.64. The molecule has 2 aliphatic rings. The van der Waals surface area contributed by atoms with E-state index in [1.165, 1.54) is 4.57 Å². The zero-order chi connectivity index (χ0) is 18.7. The molecule has 142 valence electrons. The highest BCUT2D eigenvalue weighted by Crippen LogP contribution is 2.23. The Morgan fingerprint density at radius 3 is 2.77 bits per heavy atom. The number of ether oxygens (including phenoxy) is 1. The molecule has 6 nitrogen and oxygen atoms in total. The van der Waals surface area contributed by atoms with Gasteiger partial charge in [-0.1, -0.05) is 12.2 Å². The van der Waals surface area contributed by atoms with Gasteiger partial charge in [0.2, 0.25) is 0 Å². The van der Waals surface area contributed by atoms with Gasteiger partial charge in [-0.2, -0.15) is 0 Å². The lowest BCUT2D eigenvalue weighted by Crippen LogP contribution is -2.40. The van der Waals surface area contributed by atoms with Crippen LogP contribution in [0.15, 0.2) is 17.1 Å². The summed E-state index contributed by atoms with van der Waals surface area (Å²) in [6, 6.07) is 0. The summed E-state index contributed by atoms with van der Waals surface area (Å²) < 4.78 is 6.68. The Balaban J connectivity index is 1.63. The number of fused-ring (bicyclic) bond motifs is 1. The standard InChI is InChI=1S/C20H29N3O3/c1-21(13-15-7-9-23(10-8-15)11-12-26-3)20(25)18-14-22(2)19(24)17-6-4-5-16(17)18/h4-5,14-15H,6-13H2,1-3H3. The molecule has 0 aromatic carbocycles. The topological polar surface area (TPSA) is 54.8 Å². The minimum Gasteiger partial charge on any atom is -0.383 e. The molecule has 1 fully saturated rings. The predicted octanol–water partition coefficient (Wildman–Crippen LogP) is 1.38. The summed E-state index contributed by atoms with van der Waals surface area (Å²) in [5.74, 6) is 0.532. The van der Waals surface area contributed by atoms with Crippen LogP contribution in [0.25, 0.3) is 6.08 Å². The van der Waals surface area contributed by atoms with Crippen molar-refractivity contribution in [1.82, 2.24) is 14.4 Å². The maximum absolute atomic E-state index is 13.0. The first-order valence-electron chi connectivity index (χ1n) is 9.37. The molecule has 0 radical (unpaired) electrons. The second-order valence-corrected chi connectivity index (χ2v) is 7.42. The quantitative estimate of drug-likeness (QED) is 0.770. The predicted molar refractivity (Wildman–Crippen MR) is 102 cm³/mol. The highest BCUT2D eigenvalue weighted by atomic mass is 16.5. The Morgan fingerprint density at radius 1 is 1.35 bits per heavy atom. The molecule has 3 rings (SSSR count). The number of carbonyl (C=O) groups is 1. The number of carbonyl (C=O) groups excluding carboxylic acids is 1. The van der Waals surface area contributed by atoms with Gasteiger partial charge in [-0.15, -0.1) is 0 Å². The Kier molecular flexibility index (Phi) is 5.94. The number of allylic oxidation sites excluding steroid dienone is 1. The van der Waals surface area contributed by atoms with E-state index in [2.05, 4.69) is 4.90 Å². The molecule has 0 unspecified atom stereocenters. The van der Waals surface area contributed by atoms with E-state index in [0.29, 0.717) is 17.9 Å². The molecule has 1 aromatic heterocycles. The Morgan fingerprint density at radius 2 is 2.08 bits per heavy atom. The summed E-state index contributed by atoms with van der Waals surface area (Å²) >= 11 is 0. The van der Waals surface area contributed by atoms with Crippen LogP contribution in [-0.4, -0.2) is 67.2 Å². The first-order valence-corrected chi connectivity index (χ1v) is 9.37. The van der Waals surface area contributed by atoms with E-state index in [0.717, 1.165) is 56.8 Å². The zero-order valence-electron chi connectivity index (χ0n) is 16.0. The van der Waals surface area contributed by atoms with E-state index < -0.39 is 0 Å². The fourth-order valence-electron chi connectivity index (χ4n) is 3.95. The second kappa shape index (κ2) is 8.18. The van der Waals surface area contributed by atoms with Crippen LogP contribution in [-0.2, 0) is 18.2 Å². The molecule has 0 N–H and O–H groups in total. The fraction of sp³-hybridized carbons (Fsp3) is 0.600. The number of pyridine rings is 1. The van der Waals surface area contributed by atoms with Gasteiger partial charge in [0.1, 0.15) is 0 Å². The lowest BCUT2D eigenvalue weighted by atomic mass is 9.96. The van der Waals surface area contributed by atoms with Crippen molar-refractivity contribution in [3.05, 3.63) is 39.3 Å². The molecule has 0 atom stereocenters. The first-order chi connectivity index (χ1) is 12.5. The number of amides is 1. The van der Waals surface area contributed by atoms with E-state index >= 15 is 0 Å². The molecule has 1 aromatic rings. The molecule has 0 spiro atoms. The largest absolute Gasteiger partial charge is 0.383 e. The number of hydrogen-bond donors (Lipinski definition) is 0. The van der Waals surface area contributed by atoms with Crippen molar-refractivity contribution in [2.45, 2.75) is 19.3 Å². The van der Waals surface area contributed by atoms with Crippen LogP contribution in [0.5, 0.6) is 0 Å². The molecule has 2 heterocycles. The van der Waals surface area contributed by atoms with Gasteiger partial charge < -0.3 is 19.1 Å². The molecular formula is C20H29N3O3. The minimum atomic E-state index is -0.00682. The third-order valence-electron chi connectivity index (χ3n) is 5.55. The second-order valence-electron chi connectivity index (χ2n) is 7.42. The highest BCUT2D eigenvalue weighted by Gasteiger charge is 2.25. The van der Waals surface area contributed by atoms with Gasteiger partial charge in [0, 0.05) is 46.1 Å². The van der Waals surface area contributed by atoms with E-state index in [1.807, 2.05) is 24.1 Å². The van der Waals surface area contributed by atoms with Crippen molar-refractivity contribution in [1.29, 1.82) is 0 Å². The van der Waals surface area contributed by atoms with Crippen LogP contribution in [0.1, 0.15) is 34.3 Å². The number of hydrogen-bond acceptors (Lipinski definition) is 4. The molecule has 1 saturated heterocycles. The molecular weight excluding hydrogens is 330 g/mol. The third kappa shape index (κ3) is 3.91. The maximum atomic E-state index is 13.0. The van der Waals surface area contributed by atoms with Crippen LogP contribution in [0.2, 0.25) is 0 Å². The number of likely N-dealkylation sites (tertiary alicyclic amines) is 1. The smallest absolute Gasteiger partial charge is 0.255 e. The number of nitrogens with zero attached hydrogens (tertiary/aromatic N) is 3. The molecule has 1 amide bonds. The minimum absolute atomic E-state index is 0.00483. The highest BCUT2D eigenvalue weighted by molar-refractivity contribution is 5.98. The monoisotopic (exact) mass is 359 g/mol. The van der Waals surface area contributed by atoms with Crippen molar-refractivity contribution in [2.24, 2.45) is 13.0 Å². The van der Waals surface area contributed by atoms with Gasteiger partial charge in [-0.05, 0) is 43.8 Å². The number of rotatable bonds is 6. The van der Waals surface area contributed by atoms with Crippen LogP contribution < -0.4 is 5.56 Å². The normalized spacial score (nSPS) is 17.5. The van der Waals surface area contributed by atoms with Crippen molar-refractivity contribution < 1.29 is 9.53 Å². The summed E-state index contributed by atoms with van der Waals surface area (Å²) in [7, 11) is 5.32. The number of aromatic nitrogens is 1. The first kappa shape index (κ1) is 18.9. The third-order valence-corrected chi connectivity index (χ3v) is 5.55. The van der Waals surface area contributed by atoms with Gasteiger partial charge in [-0.25, -0.2) is 0 Å². The molecule has 1 aliphatic heterocycles. The molecule has 0 bridgehead atoms. The summed E-state index contributed by atoms with van der Waals surface area (Å²) in [4.78, 5) is 29.5. The van der Waals surface area contributed by atoms with E-state index in [9.17, 15) is 9.59 Å². The van der Waals surface area contributed by atoms with Crippen LogP contribution in [0, 0.1) is 5.92 Å². The fourth-order valence-corrected chi connectivity index (χ4v) is 3.95. The van der Waals surface area contributed by atoms with E-state index in [-0.39, 0.29) is 11.5 Å². The lowest BCUT2D eigenvalue weighted by Gasteiger charge is -2.33. The van der Waals surface area contributed by atoms with Crippen molar-refractivity contribution >= 4 is 12.0 Å². The van der Waals surface area contributed by atoms with Crippen LogP contribution in [0.4, 0.5) is 0 Å². The maximum Gasteiger partial charge on any atom is 0.255 e. The number of methoxy groups -OCH3 is 1. The molecule has 0 saturated carbocycles. The molecule has 6 heteroatoms. The average Bonchev–Trinajstić information content (AvgIpc) is 3.13. The molecule has 1 aliphatic carbocycles. The van der Waals surface area contributed by atoms with E-state index in [1.54, 1.807) is 20.4 Å². The van der Waals surface area contributed by atoms with Gasteiger partial charge in [0.05, 0.1) is 12.2 Å². The SMILES string of the molecule is COCCN1CCC(CN(C)C(=O)c2cn(C)c(=O)c3c2C=CC3)CC1.